The Balaban J connectivity index is 1.45. The van der Waals surface area contributed by atoms with Gasteiger partial charge in [0.05, 0.1) is 18.4 Å². The van der Waals surface area contributed by atoms with E-state index in [-0.39, 0.29) is 29.5 Å². The number of nitrogens with zero attached hydrogens (tertiary/aromatic N) is 3. The smallest absolute Gasteiger partial charge is 0.251 e. The number of nitrogens with one attached hydrogen (secondary N) is 1. The van der Waals surface area contributed by atoms with Crippen molar-refractivity contribution in [3.8, 4) is 0 Å². The second kappa shape index (κ2) is 6.68. The number of ketones is 1. The molecule has 1 fully saturated rings. The quantitative estimate of drug-likeness (QED) is 0.678. The predicted octanol–water partition coefficient (Wildman–Crippen LogP) is 2.14. The summed E-state index contributed by atoms with van der Waals surface area (Å²) in [7, 11) is 0. The number of nitrogen functional groups attached to an aromatic ring is 1. The molecule has 1 aliphatic carbocycles. The number of benzene rings is 1. The Morgan fingerprint density at radius 1 is 1.15 bits per heavy atom. The maximum atomic E-state index is 12.5. The standard InChI is InChI=1S/C20H19N5O2/c1-12-5-7-13(8-6-12)20(27)24-15-10-16(15)25-11-23-17(19(25)21)18(26)14-4-2-3-9-22-14/h2-9,11,15-16H,10,21H2,1H3,(H,24,27). The first-order valence-electron chi connectivity index (χ1n) is 8.70. The van der Waals surface area contributed by atoms with Crippen molar-refractivity contribution in [3.05, 3.63) is 77.5 Å². The van der Waals surface area contributed by atoms with Crippen molar-refractivity contribution in [2.45, 2.75) is 25.4 Å². The molecule has 1 saturated carbocycles. The summed E-state index contributed by atoms with van der Waals surface area (Å²) in [5.41, 5.74) is 8.35. The lowest BCUT2D eigenvalue weighted by Gasteiger charge is -2.07. The molecule has 0 aliphatic heterocycles. The lowest BCUT2D eigenvalue weighted by molar-refractivity contribution is 0.0948. The lowest BCUT2D eigenvalue weighted by atomic mass is 10.1. The van der Waals surface area contributed by atoms with Crippen LogP contribution in [-0.4, -0.2) is 32.3 Å². The molecule has 0 bridgehead atoms. The average molecular weight is 361 g/mol. The largest absolute Gasteiger partial charge is 0.383 e. The van der Waals surface area contributed by atoms with E-state index in [0.29, 0.717) is 17.1 Å². The van der Waals surface area contributed by atoms with Gasteiger partial charge in [0.2, 0.25) is 5.78 Å². The summed E-state index contributed by atoms with van der Waals surface area (Å²) < 4.78 is 1.75. The number of carbonyl (C=O) groups excluding carboxylic acids is 2. The zero-order chi connectivity index (χ0) is 19.0. The van der Waals surface area contributed by atoms with Gasteiger partial charge in [-0.15, -0.1) is 0 Å². The molecule has 4 rings (SSSR count). The fourth-order valence-electron chi connectivity index (χ4n) is 3.03. The van der Waals surface area contributed by atoms with E-state index in [2.05, 4.69) is 15.3 Å². The summed E-state index contributed by atoms with van der Waals surface area (Å²) in [5, 5.41) is 3.00. The first kappa shape index (κ1) is 17.0. The Hall–Kier alpha value is -3.48. The van der Waals surface area contributed by atoms with Crippen LogP contribution in [0.3, 0.4) is 0 Å². The molecule has 7 heteroatoms. The van der Waals surface area contributed by atoms with Crippen LogP contribution in [0.25, 0.3) is 0 Å². The van der Waals surface area contributed by atoms with Crippen molar-refractivity contribution in [3.63, 3.8) is 0 Å². The van der Waals surface area contributed by atoms with E-state index in [1.807, 2.05) is 19.1 Å². The zero-order valence-corrected chi connectivity index (χ0v) is 14.8. The van der Waals surface area contributed by atoms with Crippen molar-refractivity contribution in [2.75, 3.05) is 5.73 Å². The Morgan fingerprint density at radius 2 is 1.93 bits per heavy atom. The van der Waals surface area contributed by atoms with Crippen molar-refractivity contribution in [1.29, 1.82) is 0 Å². The summed E-state index contributed by atoms with van der Waals surface area (Å²) in [6.45, 7) is 1.98. The second-order valence-corrected chi connectivity index (χ2v) is 6.68. The highest BCUT2D eigenvalue weighted by molar-refractivity contribution is 6.09. The van der Waals surface area contributed by atoms with Crippen molar-refractivity contribution in [1.82, 2.24) is 19.9 Å². The maximum Gasteiger partial charge on any atom is 0.251 e. The number of amides is 1. The molecule has 2 aromatic heterocycles. The summed E-state index contributed by atoms with van der Waals surface area (Å²) in [5.74, 6) is -0.138. The highest BCUT2D eigenvalue weighted by Gasteiger charge is 2.41. The van der Waals surface area contributed by atoms with Gasteiger partial charge in [0, 0.05) is 11.8 Å². The molecular weight excluding hydrogens is 342 g/mol. The normalized spacial score (nSPS) is 18.1. The summed E-state index contributed by atoms with van der Waals surface area (Å²) >= 11 is 0. The summed E-state index contributed by atoms with van der Waals surface area (Å²) in [4.78, 5) is 33.1. The van der Waals surface area contributed by atoms with E-state index in [0.717, 1.165) is 12.0 Å². The molecule has 2 atom stereocenters. The van der Waals surface area contributed by atoms with Crippen molar-refractivity contribution >= 4 is 17.5 Å². The van der Waals surface area contributed by atoms with E-state index in [9.17, 15) is 9.59 Å². The molecule has 0 spiro atoms. The molecular formula is C20H19N5O2. The van der Waals surface area contributed by atoms with Gasteiger partial charge in [0.15, 0.2) is 5.69 Å². The number of aromatic nitrogens is 3. The third kappa shape index (κ3) is 3.31. The third-order valence-corrected chi connectivity index (χ3v) is 4.69. The van der Waals surface area contributed by atoms with Crippen LogP contribution in [0.1, 0.15) is 44.6 Å². The van der Waals surface area contributed by atoms with Crippen LogP contribution >= 0.6 is 0 Å². The van der Waals surface area contributed by atoms with E-state index in [4.69, 9.17) is 5.73 Å². The Labute approximate surface area is 156 Å². The molecule has 136 valence electrons. The number of hydrogen-bond donors (Lipinski definition) is 2. The lowest BCUT2D eigenvalue weighted by Crippen LogP contribution is -2.27. The van der Waals surface area contributed by atoms with E-state index < -0.39 is 0 Å². The molecule has 0 radical (unpaired) electrons. The number of hydrogen-bond acceptors (Lipinski definition) is 5. The van der Waals surface area contributed by atoms with Crippen molar-refractivity contribution in [2.24, 2.45) is 0 Å². The van der Waals surface area contributed by atoms with Gasteiger partial charge in [-0.25, -0.2) is 4.98 Å². The summed E-state index contributed by atoms with van der Waals surface area (Å²) in [6, 6.07) is 12.5. The monoisotopic (exact) mass is 361 g/mol. The van der Waals surface area contributed by atoms with Crippen LogP contribution in [0.15, 0.2) is 55.0 Å². The van der Waals surface area contributed by atoms with Gasteiger partial charge in [-0.3, -0.25) is 14.6 Å². The molecule has 0 saturated heterocycles. The van der Waals surface area contributed by atoms with Gasteiger partial charge >= 0.3 is 0 Å². The number of aryl methyl sites for hydroxylation is 1. The van der Waals surface area contributed by atoms with Crippen LogP contribution in [0, 0.1) is 6.92 Å². The molecule has 1 aliphatic rings. The van der Waals surface area contributed by atoms with Gasteiger partial charge in [-0.05, 0) is 37.6 Å². The van der Waals surface area contributed by atoms with E-state index >= 15 is 0 Å². The SMILES string of the molecule is Cc1ccc(C(=O)NC2CC2n2cnc(C(=O)c3ccccn3)c2N)cc1. The second-order valence-electron chi connectivity index (χ2n) is 6.68. The van der Waals surface area contributed by atoms with Crippen LogP contribution in [0.2, 0.25) is 0 Å². The first-order chi connectivity index (χ1) is 13.0. The minimum atomic E-state index is -0.312. The maximum absolute atomic E-state index is 12.5. The van der Waals surface area contributed by atoms with E-state index in [1.54, 1.807) is 47.4 Å². The first-order valence-corrected chi connectivity index (χ1v) is 8.70. The highest BCUT2D eigenvalue weighted by Crippen LogP contribution is 2.38. The number of carbonyl (C=O) groups is 2. The zero-order valence-electron chi connectivity index (χ0n) is 14.8. The highest BCUT2D eigenvalue weighted by atomic mass is 16.1. The average Bonchev–Trinajstić information content (AvgIpc) is 3.33. The third-order valence-electron chi connectivity index (χ3n) is 4.69. The minimum Gasteiger partial charge on any atom is -0.383 e. The number of rotatable bonds is 5. The molecule has 2 heterocycles. The van der Waals surface area contributed by atoms with Gasteiger partial charge < -0.3 is 15.6 Å². The fraction of sp³-hybridized carbons (Fsp3) is 0.200. The Kier molecular flexibility index (Phi) is 4.19. The van der Waals surface area contributed by atoms with Gasteiger partial charge in [0.25, 0.3) is 5.91 Å². The van der Waals surface area contributed by atoms with Gasteiger partial charge in [-0.2, -0.15) is 0 Å². The van der Waals surface area contributed by atoms with E-state index in [1.165, 1.54) is 0 Å². The molecule has 7 nitrogen and oxygen atoms in total. The van der Waals surface area contributed by atoms with Gasteiger partial charge in [0.1, 0.15) is 11.5 Å². The number of pyridine rings is 1. The topological polar surface area (TPSA) is 103 Å². The molecule has 1 amide bonds. The predicted molar refractivity (Wildman–Crippen MR) is 100 cm³/mol. The van der Waals surface area contributed by atoms with Gasteiger partial charge in [-0.1, -0.05) is 23.8 Å². The molecule has 2 unspecified atom stereocenters. The molecule has 3 aromatic rings. The minimum absolute atomic E-state index is 0.00261. The van der Waals surface area contributed by atoms with Crippen molar-refractivity contribution < 1.29 is 9.59 Å². The Morgan fingerprint density at radius 3 is 2.63 bits per heavy atom. The Bertz CT molecular complexity index is 995. The number of nitrogens with two attached hydrogens (primary N) is 1. The number of imidazole rings is 1. The molecule has 1 aromatic carbocycles. The van der Waals surface area contributed by atoms with Crippen LogP contribution in [0.4, 0.5) is 5.82 Å². The molecule has 3 N–H and O–H groups in total. The summed E-state index contributed by atoms with van der Waals surface area (Å²) in [6.07, 6.45) is 3.85. The number of anilines is 1. The van der Waals surface area contributed by atoms with Crippen LogP contribution < -0.4 is 11.1 Å². The molecule has 27 heavy (non-hydrogen) atoms. The fourth-order valence-corrected chi connectivity index (χ4v) is 3.03. The van der Waals surface area contributed by atoms with Crippen LogP contribution in [0.5, 0.6) is 0 Å². The van der Waals surface area contributed by atoms with Crippen LogP contribution in [-0.2, 0) is 0 Å².